The second kappa shape index (κ2) is 5.41. The zero-order valence-electron chi connectivity index (χ0n) is 10.1. The van der Waals surface area contributed by atoms with Crippen LogP contribution >= 0.6 is 0 Å². The van der Waals surface area contributed by atoms with E-state index in [1.54, 1.807) is 0 Å². The number of aromatic nitrogens is 2. The summed E-state index contributed by atoms with van der Waals surface area (Å²) in [5.74, 6) is 1.52. The number of rotatable bonds is 5. The van der Waals surface area contributed by atoms with Crippen molar-refractivity contribution in [2.75, 3.05) is 20.1 Å². The fourth-order valence-corrected chi connectivity index (χ4v) is 2.35. The maximum atomic E-state index is 5.24. The highest BCUT2D eigenvalue weighted by Gasteiger charge is 2.25. The third-order valence-electron chi connectivity index (χ3n) is 3.16. The Bertz CT molecular complexity index is 326. The first-order valence-corrected chi connectivity index (χ1v) is 6.03. The average Bonchev–Trinajstić information content (AvgIpc) is 2.89. The van der Waals surface area contributed by atoms with Crippen LogP contribution in [0.3, 0.4) is 0 Å². The van der Waals surface area contributed by atoms with Crippen molar-refractivity contribution in [1.29, 1.82) is 0 Å². The van der Waals surface area contributed by atoms with Gasteiger partial charge >= 0.3 is 0 Å². The molecule has 1 aliphatic rings. The van der Waals surface area contributed by atoms with Crippen molar-refractivity contribution in [2.45, 2.75) is 38.8 Å². The van der Waals surface area contributed by atoms with Crippen molar-refractivity contribution in [1.82, 2.24) is 20.4 Å². The summed E-state index contributed by atoms with van der Waals surface area (Å²) in [4.78, 5) is 6.85. The molecule has 1 aromatic heterocycles. The number of nitrogens with one attached hydrogen (secondary N) is 1. The Kier molecular flexibility index (Phi) is 3.90. The zero-order chi connectivity index (χ0) is 11.4. The van der Waals surface area contributed by atoms with E-state index in [1.807, 2.05) is 7.05 Å². The third kappa shape index (κ3) is 2.59. The molecule has 0 aromatic carbocycles. The van der Waals surface area contributed by atoms with Crippen molar-refractivity contribution in [3.63, 3.8) is 0 Å². The SMILES string of the molecule is CCN1CCCC1Cc1nc(CNC)no1. The summed E-state index contributed by atoms with van der Waals surface area (Å²) in [6.07, 6.45) is 3.43. The summed E-state index contributed by atoms with van der Waals surface area (Å²) in [5, 5.41) is 6.95. The van der Waals surface area contributed by atoms with Gasteiger partial charge in [0.05, 0.1) is 6.54 Å². The molecule has 90 valence electrons. The predicted octanol–water partition coefficient (Wildman–Crippen LogP) is 0.816. The molecule has 0 saturated carbocycles. The van der Waals surface area contributed by atoms with Crippen molar-refractivity contribution >= 4 is 0 Å². The summed E-state index contributed by atoms with van der Waals surface area (Å²) in [6.45, 7) is 5.20. The van der Waals surface area contributed by atoms with E-state index in [2.05, 4.69) is 27.3 Å². The van der Waals surface area contributed by atoms with Gasteiger partial charge < -0.3 is 14.7 Å². The monoisotopic (exact) mass is 224 g/mol. The maximum absolute atomic E-state index is 5.24. The van der Waals surface area contributed by atoms with Gasteiger partial charge in [-0.25, -0.2) is 0 Å². The molecule has 1 fully saturated rings. The summed E-state index contributed by atoms with van der Waals surface area (Å²) < 4.78 is 5.24. The normalized spacial score (nSPS) is 21.8. The Labute approximate surface area is 96.2 Å². The van der Waals surface area contributed by atoms with E-state index in [1.165, 1.54) is 19.4 Å². The van der Waals surface area contributed by atoms with Crippen molar-refractivity contribution in [3.8, 4) is 0 Å². The van der Waals surface area contributed by atoms with Gasteiger partial charge in [-0.2, -0.15) is 4.98 Å². The molecule has 5 nitrogen and oxygen atoms in total. The van der Waals surface area contributed by atoms with Gasteiger partial charge in [0.2, 0.25) is 5.89 Å². The molecule has 2 heterocycles. The molecule has 2 rings (SSSR count). The molecule has 0 amide bonds. The van der Waals surface area contributed by atoms with Gasteiger partial charge in [0.1, 0.15) is 0 Å². The van der Waals surface area contributed by atoms with Crippen molar-refractivity contribution < 1.29 is 4.52 Å². The highest BCUT2D eigenvalue weighted by atomic mass is 16.5. The molecule has 5 heteroatoms. The minimum Gasteiger partial charge on any atom is -0.339 e. The van der Waals surface area contributed by atoms with Crippen LogP contribution in [0.5, 0.6) is 0 Å². The minimum absolute atomic E-state index is 0.591. The Morgan fingerprint density at radius 1 is 1.56 bits per heavy atom. The lowest BCUT2D eigenvalue weighted by atomic mass is 10.1. The molecule has 1 atom stereocenters. The number of nitrogens with zero attached hydrogens (tertiary/aromatic N) is 3. The highest BCUT2D eigenvalue weighted by molar-refractivity contribution is 4.91. The molecular formula is C11H20N4O. The first-order chi connectivity index (χ1) is 7.83. The maximum Gasteiger partial charge on any atom is 0.228 e. The largest absolute Gasteiger partial charge is 0.339 e. The molecule has 1 aliphatic heterocycles. The number of likely N-dealkylation sites (tertiary alicyclic amines) is 1. The Hall–Kier alpha value is -0.940. The van der Waals surface area contributed by atoms with Crippen LogP contribution in [0.1, 0.15) is 31.5 Å². The second-order valence-electron chi connectivity index (χ2n) is 4.26. The molecule has 1 saturated heterocycles. The molecule has 0 bridgehead atoms. The summed E-state index contributed by atoms with van der Waals surface area (Å²) in [7, 11) is 1.88. The van der Waals surface area contributed by atoms with Crippen LogP contribution in [-0.2, 0) is 13.0 Å². The molecule has 0 spiro atoms. The third-order valence-corrected chi connectivity index (χ3v) is 3.16. The number of hydrogen-bond donors (Lipinski definition) is 1. The molecule has 16 heavy (non-hydrogen) atoms. The van der Waals surface area contributed by atoms with E-state index in [0.717, 1.165) is 24.7 Å². The van der Waals surface area contributed by atoms with Crippen LogP contribution in [0.25, 0.3) is 0 Å². The summed E-state index contributed by atoms with van der Waals surface area (Å²) >= 11 is 0. The Balaban J connectivity index is 1.92. The Morgan fingerprint density at radius 3 is 3.19 bits per heavy atom. The van der Waals surface area contributed by atoms with Crippen LogP contribution in [0.2, 0.25) is 0 Å². The molecule has 1 aromatic rings. The van der Waals surface area contributed by atoms with Gasteiger partial charge in [0.15, 0.2) is 5.82 Å². The fraction of sp³-hybridized carbons (Fsp3) is 0.818. The summed E-state index contributed by atoms with van der Waals surface area (Å²) in [5.41, 5.74) is 0. The minimum atomic E-state index is 0.591. The number of hydrogen-bond acceptors (Lipinski definition) is 5. The highest BCUT2D eigenvalue weighted by Crippen LogP contribution is 2.19. The summed E-state index contributed by atoms with van der Waals surface area (Å²) in [6, 6.07) is 0.591. The van der Waals surface area contributed by atoms with E-state index in [4.69, 9.17) is 4.52 Å². The van der Waals surface area contributed by atoms with Crippen LogP contribution in [0, 0.1) is 0 Å². The lowest BCUT2D eigenvalue weighted by Gasteiger charge is -2.20. The van der Waals surface area contributed by atoms with Crippen LogP contribution in [0.15, 0.2) is 4.52 Å². The van der Waals surface area contributed by atoms with Gasteiger partial charge in [-0.1, -0.05) is 12.1 Å². The molecule has 1 unspecified atom stereocenters. The topological polar surface area (TPSA) is 54.2 Å². The lowest BCUT2D eigenvalue weighted by Crippen LogP contribution is -2.30. The van der Waals surface area contributed by atoms with Gasteiger partial charge in [0, 0.05) is 12.5 Å². The first-order valence-electron chi connectivity index (χ1n) is 6.03. The molecular weight excluding hydrogens is 204 g/mol. The van der Waals surface area contributed by atoms with E-state index in [0.29, 0.717) is 12.6 Å². The van der Waals surface area contributed by atoms with Gasteiger partial charge in [-0.15, -0.1) is 0 Å². The van der Waals surface area contributed by atoms with Crippen LogP contribution < -0.4 is 5.32 Å². The fourth-order valence-electron chi connectivity index (χ4n) is 2.35. The van der Waals surface area contributed by atoms with Crippen molar-refractivity contribution in [3.05, 3.63) is 11.7 Å². The van der Waals surface area contributed by atoms with E-state index in [9.17, 15) is 0 Å². The van der Waals surface area contributed by atoms with E-state index in [-0.39, 0.29) is 0 Å². The molecule has 0 aliphatic carbocycles. The van der Waals surface area contributed by atoms with Crippen LogP contribution in [0.4, 0.5) is 0 Å². The van der Waals surface area contributed by atoms with Crippen molar-refractivity contribution in [2.24, 2.45) is 0 Å². The molecule has 0 radical (unpaired) electrons. The second-order valence-corrected chi connectivity index (χ2v) is 4.26. The Morgan fingerprint density at radius 2 is 2.44 bits per heavy atom. The van der Waals surface area contributed by atoms with Gasteiger partial charge in [0.25, 0.3) is 0 Å². The van der Waals surface area contributed by atoms with E-state index < -0.39 is 0 Å². The lowest BCUT2D eigenvalue weighted by molar-refractivity contribution is 0.246. The predicted molar refractivity (Wildman–Crippen MR) is 61.0 cm³/mol. The average molecular weight is 224 g/mol. The van der Waals surface area contributed by atoms with Gasteiger partial charge in [-0.05, 0) is 33.0 Å². The van der Waals surface area contributed by atoms with E-state index >= 15 is 0 Å². The zero-order valence-corrected chi connectivity index (χ0v) is 10.1. The molecule has 1 N–H and O–H groups in total. The first kappa shape index (κ1) is 11.5. The van der Waals surface area contributed by atoms with Gasteiger partial charge in [-0.3, -0.25) is 0 Å². The smallest absolute Gasteiger partial charge is 0.228 e. The quantitative estimate of drug-likeness (QED) is 0.802. The number of likely N-dealkylation sites (N-methyl/N-ethyl adjacent to an activating group) is 1. The van der Waals surface area contributed by atoms with Crippen LogP contribution in [-0.4, -0.2) is 41.2 Å². The standard InChI is InChI=1S/C11H20N4O/c1-3-15-6-4-5-9(15)7-11-13-10(8-12-2)14-16-11/h9,12H,3-8H2,1-2H3.